The molecule has 0 atom stereocenters. The number of rotatable bonds is 2. The molecule has 31 heavy (non-hydrogen) atoms. The molecule has 0 unspecified atom stereocenters. The van der Waals surface area contributed by atoms with Crippen molar-refractivity contribution in [2.75, 3.05) is 0 Å². The van der Waals surface area contributed by atoms with Crippen LogP contribution in [0, 0.1) is 6.92 Å². The number of aromatic hydroxyl groups is 4. The van der Waals surface area contributed by atoms with Crippen molar-refractivity contribution in [1.29, 1.82) is 0 Å². The Bertz CT molecular complexity index is 1470. The van der Waals surface area contributed by atoms with Gasteiger partial charge in [-0.05, 0) is 87.6 Å². The highest BCUT2D eigenvalue weighted by molar-refractivity contribution is 6.04. The molecule has 4 nitrogen and oxygen atoms in total. The largest absolute Gasteiger partial charge is 0.508 e. The van der Waals surface area contributed by atoms with E-state index < -0.39 is 0 Å². The fourth-order valence-electron chi connectivity index (χ4n) is 4.23. The molecule has 4 heteroatoms. The zero-order valence-electron chi connectivity index (χ0n) is 16.8. The molecule has 5 aromatic carbocycles. The van der Waals surface area contributed by atoms with Gasteiger partial charge in [-0.15, -0.1) is 0 Å². The third kappa shape index (κ3) is 3.09. The maximum Gasteiger partial charge on any atom is 0.124 e. The second-order valence-corrected chi connectivity index (χ2v) is 7.76. The van der Waals surface area contributed by atoms with Crippen LogP contribution in [0.5, 0.6) is 23.0 Å². The van der Waals surface area contributed by atoms with Crippen LogP contribution in [0.15, 0.2) is 78.9 Å². The van der Waals surface area contributed by atoms with Crippen LogP contribution < -0.4 is 0 Å². The molecule has 4 N–H and O–H groups in total. The van der Waals surface area contributed by atoms with Gasteiger partial charge in [0.15, 0.2) is 0 Å². The lowest BCUT2D eigenvalue weighted by atomic mass is 9.89. The molecule has 0 aliphatic heterocycles. The molecule has 0 amide bonds. The first-order valence-electron chi connectivity index (χ1n) is 9.93. The Balaban J connectivity index is 1.82. The first-order chi connectivity index (χ1) is 14.9. The van der Waals surface area contributed by atoms with Crippen LogP contribution in [0.25, 0.3) is 43.8 Å². The Morgan fingerprint density at radius 3 is 1.65 bits per heavy atom. The number of phenols is 4. The molecule has 0 saturated heterocycles. The lowest BCUT2D eigenvalue weighted by molar-refractivity contribution is 0.474. The Hall–Kier alpha value is -4.18. The van der Waals surface area contributed by atoms with Crippen LogP contribution in [0.2, 0.25) is 0 Å². The third-order valence-corrected chi connectivity index (χ3v) is 5.76. The van der Waals surface area contributed by atoms with E-state index >= 15 is 0 Å². The highest BCUT2D eigenvalue weighted by Crippen LogP contribution is 2.43. The van der Waals surface area contributed by atoms with Gasteiger partial charge in [-0.2, -0.15) is 0 Å². The molecule has 0 bridgehead atoms. The minimum Gasteiger partial charge on any atom is -0.508 e. The zero-order chi connectivity index (χ0) is 21.7. The van der Waals surface area contributed by atoms with Gasteiger partial charge >= 0.3 is 0 Å². The minimum absolute atomic E-state index is 0.104. The molecule has 0 radical (unpaired) electrons. The van der Waals surface area contributed by atoms with Crippen molar-refractivity contribution in [2.24, 2.45) is 0 Å². The molecule has 5 aromatic rings. The van der Waals surface area contributed by atoms with Crippen molar-refractivity contribution in [3.63, 3.8) is 0 Å². The minimum atomic E-state index is 0.104. The number of aryl methyl sites for hydroxylation is 1. The van der Waals surface area contributed by atoms with Crippen LogP contribution in [0.3, 0.4) is 0 Å². The Labute approximate surface area is 178 Å². The van der Waals surface area contributed by atoms with E-state index in [-0.39, 0.29) is 23.0 Å². The maximum absolute atomic E-state index is 10.7. The van der Waals surface area contributed by atoms with E-state index in [4.69, 9.17) is 0 Å². The van der Waals surface area contributed by atoms with Gasteiger partial charge in [-0.25, -0.2) is 0 Å². The molecule has 0 aliphatic carbocycles. The van der Waals surface area contributed by atoms with Gasteiger partial charge in [0.2, 0.25) is 0 Å². The summed E-state index contributed by atoms with van der Waals surface area (Å²) in [5, 5.41) is 44.7. The standard InChI is InChI=1S/C27H20O4/c1-15-2-3-18(26-22-13-19(28)8-4-16(22)6-10-24(26)30)12-21(15)27-23-14-20(29)9-5-17(23)7-11-25(27)31/h2-14,28-31H,1H3. The summed E-state index contributed by atoms with van der Waals surface area (Å²) in [6.07, 6.45) is 0. The number of hydrogen-bond donors (Lipinski definition) is 4. The smallest absolute Gasteiger partial charge is 0.124 e. The lowest BCUT2D eigenvalue weighted by Crippen LogP contribution is -1.90. The summed E-state index contributed by atoms with van der Waals surface area (Å²) < 4.78 is 0. The fourth-order valence-corrected chi connectivity index (χ4v) is 4.23. The van der Waals surface area contributed by atoms with Gasteiger partial charge in [0, 0.05) is 11.1 Å². The van der Waals surface area contributed by atoms with Gasteiger partial charge in [0.05, 0.1) is 0 Å². The van der Waals surface area contributed by atoms with Gasteiger partial charge in [-0.3, -0.25) is 0 Å². The van der Waals surface area contributed by atoms with Crippen LogP contribution in [0.4, 0.5) is 0 Å². The van der Waals surface area contributed by atoms with E-state index in [1.54, 1.807) is 36.4 Å². The Morgan fingerprint density at radius 1 is 0.516 bits per heavy atom. The van der Waals surface area contributed by atoms with Crippen molar-refractivity contribution in [3.05, 3.63) is 84.4 Å². The predicted octanol–water partition coefficient (Wildman–Crippen LogP) is 6.46. The van der Waals surface area contributed by atoms with E-state index in [1.165, 1.54) is 0 Å². The second-order valence-electron chi connectivity index (χ2n) is 7.76. The van der Waals surface area contributed by atoms with Crippen LogP contribution in [-0.4, -0.2) is 20.4 Å². The van der Waals surface area contributed by atoms with E-state index in [0.29, 0.717) is 11.1 Å². The van der Waals surface area contributed by atoms with Crippen molar-refractivity contribution in [1.82, 2.24) is 0 Å². The molecule has 0 fully saturated rings. The van der Waals surface area contributed by atoms with Gasteiger partial charge in [0.1, 0.15) is 23.0 Å². The average Bonchev–Trinajstić information content (AvgIpc) is 2.74. The topological polar surface area (TPSA) is 80.9 Å². The molecule has 152 valence electrons. The van der Waals surface area contributed by atoms with E-state index in [9.17, 15) is 20.4 Å². The summed E-state index contributed by atoms with van der Waals surface area (Å²) in [5.74, 6) is 0.454. The summed E-state index contributed by atoms with van der Waals surface area (Å²) in [6, 6.07) is 22.8. The molecule has 5 rings (SSSR count). The van der Waals surface area contributed by atoms with Crippen molar-refractivity contribution < 1.29 is 20.4 Å². The van der Waals surface area contributed by atoms with Gasteiger partial charge < -0.3 is 20.4 Å². The quantitative estimate of drug-likeness (QED) is 0.270. The van der Waals surface area contributed by atoms with Crippen LogP contribution >= 0.6 is 0 Å². The summed E-state index contributed by atoms with van der Waals surface area (Å²) in [5.41, 5.74) is 3.72. The average molecular weight is 408 g/mol. The summed E-state index contributed by atoms with van der Waals surface area (Å²) >= 11 is 0. The monoisotopic (exact) mass is 408 g/mol. The SMILES string of the molecule is Cc1ccc(-c2c(O)ccc3ccc(O)cc23)cc1-c1c(O)ccc2ccc(O)cc12. The number of hydrogen-bond acceptors (Lipinski definition) is 4. The van der Waals surface area contributed by atoms with Crippen molar-refractivity contribution in [2.45, 2.75) is 6.92 Å². The first-order valence-corrected chi connectivity index (χ1v) is 9.93. The molecular weight excluding hydrogens is 388 g/mol. The molecule has 0 saturated carbocycles. The summed E-state index contributed by atoms with van der Waals surface area (Å²) in [6.45, 7) is 1.95. The number of benzene rings is 5. The summed E-state index contributed by atoms with van der Waals surface area (Å²) in [4.78, 5) is 0. The van der Waals surface area contributed by atoms with E-state index in [1.807, 2.05) is 49.4 Å². The van der Waals surface area contributed by atoms with Crippen molar-refractivity contribution in [3.8, 4) is 45.3 Å². The molecule has 0 aliphatic rings. The number of phenolic OH excluding ortho intramolecular Hbond substituents is 4. The van der Waals surface area contributed by atoms with Crippen molar-refractivity contribution >= 4 is 21.5 Å². The molecule has 0 heterocycles. The van der Waals surface area contributed by atoms with Gasteiger partial charge in [-0.1, -0.05) is 36.4 Å². The highest BCUT2D eigenvalue weighted by atomic mass is 16.3. The second kappa shape index (κ2) is 6.96. The Kier molecular flexibility index (Phi) is 4.22. The molecular formula is C27H20O4. The first kappa shape index (κ1) is 18.8. The zero-order valence-corrected chi connectivity index (χ0v) is 16.8. The van der Waals surface area contributed by atoms with Crippen LogP contribution in [-0.2, 0) is 0 Å². The third-order valence-electron chi connectivity index (χ3n) is 5.76. The predicted molar refractivity (Wildman–Crippen MR) is 124 cm³/mol. The Morgan fingerprint density at radius 2 is 1.03 bits per heavy atom. The molecule has 0 aromatic heterocycles. The molecule has 0 spiro atoms. The summed E-state index contributed by atoms with van der Waals surface area (Å²) in [7, 11) is 0. The number of fused-ring (bicyclic) bond motifs is 2. The van der Waals surface area contributed by atoms with Crippen LogP contribution in [0.1, 0.15) is 5.56 Å². The van der Waals surface area contributed by atoms with E-state index in [0.717, 1.165) is 38.2 Å². The maximum atomic E-state index is 10.7. The lowest BCUT2D eigenvalue weighted by Gasteiger charge is -2.16. The normalized spacial score (nSPS) is 11.3. The highest BCUT2D eigenvalue weighted by Gasteiger charge is 2.16. The fraction of sp³-hybridized carbons (Fsp3) is 0.0370. The van der Waals surface area contributed by atoms with E-state index in [2.05, 4.69) is 0 Å². The van der Waals surface area contributed by atoms with Gasteiger partial charge in [0.25, 0.3) is 0 Å².